The number of benzene rings is 1. The predicted octanol–water partition coefficient (Wildman–Crippen LogP) is 4.04. The largest absolute Gasteiger partial charge is 0.345 e. The standard InChI is InChI=1S/C27H30N4O/c32-26(28-27-14-20-9-21(15-27)11-22(10-20)16-27)18-31-8-4-7-23(17-31)25-13-24(29-30-25)12-19-5-2-1-3-6-19/h1-8,13,17,20-22H,9-12,14-16,18H2,(H-,28,29,30,32)/p+1. The van der Waals surface area contributed by atoms with Gasteiger partial charge in [0.15, 0.2) is 12.4 Å². The molecule has 164 valence electrons. The lowest BCUT2D eigenvalue weighted by atomic mass is 9.53. The van der Waals surface area contributed by atoms with Gasteiger partial charge in [0.05, 0.1) is 17.0 Å². The number of nitrogens with one attached hydrogen (secondary N) is 2. The van der Waals surface area contributed by atoms with Crippen molar-refractivity contribution in [2.45, 2.75) is 57.0 Å². The summed E-state index contributed by atoms with van der Waals surface area (Å²) >= 11 is 0. The summed E-state index contributed by atoms with van der Waals surface area (Å²) < 4.78 is 1.99. The van der Waals surface area contributed by atoms with E-state index in [-0.39, 0.29) is 11.4 Å². The van der Waals surface area contributed by atoms with Gasteiger partial charge in [-0.2, -0.15) is 9.67 Å². The molecule has 0 aliphatic heterocycles. The molecule has 1 aromatic carbocycles. The van der Waals surface area contributed by atoms with Crippen molar-refractivity contribution in [3.63, 3.8) is 0 Å². The molecule has 0 unspecified atom stereocenters. The molecule has 1 amide bonds. The van der Waals surface area contributed by atoms with Crippen molar-refractivity contribution >= 4 is 5.91 Å². The Morgan fingerprint density at radius 1 is 1.03 bits per heavy atom. The van der Waals surface area contributed by atoms with E-state index >= 15 is 0 Å². The molecule has 2 N–H and O–H groups in total. The number of nitrogens with zero attached hydrogens (tertiary/aromatic N) is 2. The van der Waals surface area contributed by atoms with Gasteiger partial charge in [-0.15, -0.1) is 0 Å². The van der Waals surface area contributed by atoms with Crippen LogP contribution in [0.25, 0.3) is 11.3 Å². The van der Waals surface area contributed by atoms with Gasteiger partial charge in [-0.25, -0.2) is 0 Å². The number of hydrogen-bond donors (Lipinski definition) is 2. The lowest BCUT2D eigenvalue weighted by Gasteiger charge is -2.56. The number of carbonyl (C=O) groups is 1. The van der Waals surface area contributed by atoms with Gasteiger partial charge in [-0.05, 0) is 74.0 Å². The maximum Gasteiger partial charge on any atom is 0.286 e. The summed E-state index contributed by atoms with van der Waals surface area (Å²) in [6.07, 6.45) is 12.6. The fourth-order valence-corrected chi connectivity index (χ4v) is 6.95. The summed E-state index contributed by atoms with van der Waals surface area (Å²) in [5.41, 5.74) is 4.35. The summed E-state index contributed by atoms with van der Waals surface area (Å²) in [7, 11) is 0. The van der Waals surface area contributed by atoms with E-state index in [9.17, 15) is 4.79 Å². The van der Waals surface area contributed by atoms with Crippen molar-refractivity contribution in [2.75, 3.05) is 0 Å². The van der Waals surface area contributed by atoms with Gasteiger partial charge in [0.2, 0.25) is 6.54 Å². The zero-order valence-corrected chi connectivity index (χ0v) is 18.5. The molecule has 7 rings (SSSR count). The molecule has 32 heavy (non-hydrogen) atoms. The summed E-state index contributed by atoms with van der Waals surface area (Å²) in [6.45, 7) is 0.362. The molecule has 0 spiro atoms. The molecule has 4 bridgehead atoms. The monoisotopic (exact) mass is 427 g/mol. The van der Waals surface area contributed by atoms with Crippen molar-refractivity contribution in [1.29, 1.82) is 0 Å². The highest BCUT2D eigenvalue weighted by Gasteiger charge is 2.51. The number of aromatic amines is 1. The summed E-state index contributed by atoms with van der Waals surface area (Å²) in [4.78, 5) is 13.0. The van der Waals surface area contributed by atoms with Crippen LogP contribution in [0.1, 0.15) is 49.8 Å². The summed E-state index contributed by atoms with van der Waals surface area (Å²) in [5, 5.41) is 11.1. The number of aromatic nitrogens is 3. The topological polar surface area (TPSA) is 61.7 Å². The van der Waals surface area contributed by atoms with Crippen LogP contribution >= 0.6 is 0 Å². The lowest BCUT2D eigenvalue weighted by molar-refractivity contribution is -0.684. The molecule has 2 aromatic heterocycles. The van der Waals surface area contributed by atoms with E-state index in [4.69, 9.17) is 0 Å². The SMILES string of the molecule is O=C(C[n+]1cccc(-c2cc(Cc3ccccc3)n[nH]2)c1)NC12CC3CC(CC(C3)C1)C2. The van der Waals surface area contributed by atoms with Crippen LogP contribution in [0.15, 0.2) is 60.9 Å². The molecule has 3 aromatic rings. The van der Waals surface area contributed by atoms with Crippen molar-refractivity contribution < 1.29 is 9.36 Å². The van der Waals surface area contributed by atoms with Gasteiger partial charge in [0.1, 0.15) is 0 Å². The minimum atomic E-state index is 0.0692. The van der Waals surface area contributed by atoms with E-state index in [0.717, 1.165) is 41.1 Å². The van der Waals surface area contributed by atoms with E-state index in [0.29, 0.717) is 6.54 Å². The average Bonchev–Trinajstić information content (AvgIpc) is 3.22. The zero-order valence-electron chi connectivity index (χ0n) is 18.5. The molecule has 4 saturated carbocycles. The van der Waals surface area contributed by atoms with Crippen LogP contribution < -0.4 is 9.88 Å². The Hall–Kier alpha value is -2.95. The molecular weight excluding hydrogens is 396 g/mol. The molecule has 0 saturated heterocycles. The third kappa shape index (κ3) is 3.96. The predicted molar refractivity (Wildman–Crippen MR) is 123 cm³/mol. The lowest BCUT2D eigenvalue weighted by Crippen LogP contribution is -2.61. The van der Waals surface area contributed by atoms with Gasteiger partial charge in [0, 0.05) is 18.0 Å². The Morgan fingerprint density at radius 3 is 2.47 bits per heavy atom. The second-order valence-electron chi connectivity index (χ2n) is 10.4. The number of carbonyl (C=O) groups excluding carboxylic acids is 1. The minimum Gasteiger partial charge on any atom is -0.345 e. The molecule has 5 nitrogen and oxygen atoms in total. The van der Waals surface area contributed by atoms with Gasteiger partial charge < -0.3 is 5.32 Å². The second kappa shape index (κ2) is 7.88. The minimum absolute atomic E-state index is 0.0692. The van der Waals surface area contributed by atoms with Gasteiger partial charge >= 0.3 is 0 Å². The maximum absolute atomic E-state index is 13.0. The van der Waals surface area contributed by atoms with E-state index in [1.54, 1.807) is 0 Å². The van der Waals surface area contributed by atoms with Crippen molar-refractivity contribution in [1.82, 2.24) is 15.5 Å². The van der Waals surface area contributed by atoms with Gasteiger partial charge in [0.25, 0.3) is 5.91 Å². The first-order valence-corrected chi connectivity index (χ1v) is 12.0. The molecule has 0 atom stereocenters. The van der Waals surface area contributed by atoms with Gasteiger partial charge in [-0.1, -0.05) is 30.3 Å². The normalized spacial score (nSPS) is 28.1. The molecule has 4 fully saturated rings. The quantitative estimate of drug-likeness (QED) is 0.583. The van der Waals surface area contributed by atoms with Crippen molar-refractivity contribution in [3.8, 4) is 11.3 Å². The molecule has 4 aliphatic rings. The van der Waals surface area contributed by atoms with Gasteiger partial charge in [-0.3, -0.25) is 9.89 Å². The Bertz CT molecular complexity index is 1080. The Kier molecular flexibility index (Phi) is 4.85. The number of hydrogen-bond acceptors (Lipinski definition) is 2. The van der Waals surface area contributed by atoms with E-state index in [1.165, 1.54) is 44.1 Å². The maximum atomic E-state index is 13.0. The number of pyridine rings is 1. The van der Waals surface area contributed by atoms with E-state index in [2.05, 4.69) is 51.9 Å². The second-order valence-corrected chi connectivity index (χ2v) is 10.4. The highest BCUT2D eigenvalue weighted by atomic mass is 16.2. The summed E-state index contributed by atoms with van der Waals surface area (Å²) in [5.74, 6) is 2.65. The van der Waals surface area contributed by atoms with Crippen LogP contribution in [0.4, 0.5) is 0 Å². The fraction of sp³-hybridized carbons (Fsp3) is 0.444. The molecular formula is C27H31N4O+. The Balaban J connectivity index is 1.13. The molecule has 0 radical (unpaired) electrons. The van der Waals surface area contributed by atoms with Crippen LogP contribution in [0, 0.1) is 17.8 Å². The summed E-state index contributed by atoms with van der Waals surface area (Å²) in [6, 6.07) is 16.5. The Morgan fingerprint density at radius 2 is 1.75 bits per heavy atom. The first-order valence-electron chi connectivity index (χ1n) is 12.0. The molecule has 2 heterocycles. The first kappa shape index (κ1) is 19.7. The fourth-order valence-electron chi connectivity index (χ4n) is 6.95. The van der Waals surface area contributed by atoms with Crippen LogP contribution in [0.2, 0.25) is 0 Å². The smallest absolute Gasteiger partial charge is 0.286 e. The molecule has 4 aliphatic carbocycles. The highest BCUT2D eigenvalue weighted by molar-refractivity contribution is 5.75. The average molecular weight is 428 g/mol. The number of amides is 1. The van der Waals surface area contributed by atoms with Crippen LogP contribution in [-0.2, 0) is 17.8 Å². The van der Waals surface area contributed by atoms with E-state index in [1.807, 2.05) is 29.1 Å². The first-order chi connectivity index (χ1) is 15.6. The number of H-pyrrole nitrogens is 1. The number of rotatable bonds is 6. The third-order valence-electron chi connectivity index (χ3n) is 7.80. The Labute approximate surface area is 189 Å². The van der Waals surface area contributed by atoms with Crippen LogP contribution in [0.5, 0.6) is 0 Å². The van der Waals surface area contributed by atoms with E-state index < -0.39 is 0 Å². The zero-order chi connectivity index (χ0) is 21.5. The molecule has 5 heteroatoms. The van der Waals surface area contributed by atoms with Crippen molar-refractivity contribution in [2.24, 2.45) is 17.8 Å². The van der Waals surface area contributed by atoms with Crippen LogP contribution in [0.3, 0.4) is 0 Å². The third-order valence-corrected chi connectivity index (χ3v) is 7.80. The van der Waals surface area contributed by atoms with Crippen molar-refractivity contribution in [3.05, 3.63) is 72.2 Å². The highest BCUT2D eigenvalue weighted by Crippen LogP contribution is 2.55. The van der Waals surface area contributed by atoms with Crippen LogP contribution in [-0.4, -0.2) is 21.6 Å².